The number of nitrogen functional groups attached to an aromatic ring is 1. The molecular formula is C24H28N8O. The molecule has 9 nitrogen and oxygen atoms in total. The van der Waals surface area contributed by atoms with Crippen molar-refractivity contribution in [1.29, 1.82) is 0 Å². The molecule has 1 unspecified atom stereocenters. The van der Waals surface area contributed by atoms with E-state index in [-0.39, 0.29) is 11.4 Å². The van der Waals surface area contributed by atoms with E-state index in [0.29, 0.717) is 23.6 Å². The number of nitrogens with two attached hydrogens (primary N) is 1. The van der Waals surface area contributed by atoms with Gasteiger partial charge in [0.25, 0.3) is 5.89 Å². The highest BCUT2D eigenvalue weighted by molar-refractivity contribution is 5.61. The highest BCUT2D eigenvalue weighted by Gasteiger charge is 2.47. The molecule has 0 aliphatic heterocycles. The molecule has 1 fully saturated rings. The Bertz CT molecular complexity index is 1270. The summed E-state index contributed by atoms with van der Waals surface area (Å²) in [6.45, 7) is 9.25. The summed E-state index contributed by atoms with van der Waals surface area (Å²) < 4.78 is 7.58. The van der Waals surface area contributed by atoms with Crippen molar-refractivity contribution in [2.24, 2.45) is 11.8 Å². The molecule has 9 heteroatoms. The minimum absolute atomic E-state index is 0.261. The lowest BCUT2D eigenvalue weighted by molar-refractivity contribution is 0.386. The highest BCUT2D eigenvalue weighted by atomic mass is 16.5. The molecule has 5 rings (SSSR count). The minimum atomic E-state index is -0.381. The molecule has 0 saturated heterocycles. The Kier molecular flexibility index (Phi) is 5.19. The molecule has 1 aliphatic rings. The summed E-state index contributed by atoms with van der Waals surface area (Å²) in [6.07, 6.45) is 9.60. The number of pyridine rings is 1. The van der Waals surface area contributed by atoms with Gasteiger partial charge in [-0.25, -0.2) is 9.97 Å². The fourth-order valence-electron chi connectivity index (χ4n) is 4.30. The lowest BCUT2D eigenvalue weighted by Crippen LogP contribution is -2.28. The van der Waals surface area contributed by atoms with Gasteiger partial charge in [-0.1, -0.05) is 25.1 Å². The van der Waals surface area contributed by atoms with Crippen molar-refractivity contribution in [3.63, 3.8) is 0 Å². The van der Waals surface area contributed by atoms with Crippen molar-refractivity contribution in [2.75, 3.05) is 5.73 Å². The molecule has 0 bridgehead atoms. The topological polar surface area (TPSA) is 121 Å². The number of rotatable bonds is 7. The lowest BCUT2D eigenvalue weighted by Gasteiger charge is -2.26. The number of aromatic nitrogens is 7. The van der Waals surface area contributed by atoms with Crippen LogP contribution < -0.4 is 5.73 Å². The Morgan fingerprint density at radius 1 is 1.15 bits per heavy atom. The molecule has 33 heavy (non-hydrogen) atoms. The lowest BCUT2D eigenvalue weighted by atomic mass is 9.77. The van der Waals surface area contributed by atoms with Crippen LogP contribution in [0.3, 0.4) is 0 Å². The molecule has 0 spiro atoms. The van der Waals surface area contributed by atoms with Gasteiger partial charge in [-0.15, -0.1) is 0 Å². The summed E-state index contributed by atoms with van der Waals surface area (Å²) in [7, 11) is 0. The Morgan fingerprint density at radius 3 is 2.64 bits per heavy atom. The summed E-state index contributed by atoms with van der Waals surface area (Å²) in [4.78, 5) is 17.9. The van der Waals surface area contributed by atoms with Gasteiger partial charge in [-0.2, -0.15) is 10.1 Å². The van der Waals surface area contributed by atoms with Crippen molar-refractivity contribution in [2.45, 2.75) is 52.5 Å². The summed E-state index contributed by atoms with van der Waals surface area (Å²) in [5, 5.41) is 8.81. The Morgan fingerprint density at radius 2 is 1.97 bits per heavy atom. The predicted octanol–water partition coefficient (Wildman–Crippen LogP) is 4.05. The van der Waals surface area contributed by atoms with Crippen LogP contribution in [0, 0.1) is 18.8 Å². The van der Waals surface area contributed by atoms with E-state index >= 15 is 0 Å². The van der Waals surface area contributed by atoms with Crippen LogP contribution in [-0.2, 0) is 12.0 Å². The van der Waals surface area contributed by atoms with E-state index in [1.165, 1.54) is 0 Å². The van der Waals surface area contributed by atoms with Gasteiger partial charge >= 0.3 is 0 Å². The van der Waals surface area contributed by atoms with Crippen LogP contribution >= 0.6 is 0 Å². The van der Waals surface area contributed by atoms with Gasteiger partial charge in [-0.05, 0) is 50.2 Å². The zero-order chi connectivity index (χ0) is 23.2. The minimum Gasteiger partial charge on any atom is -0.368 e. The average molecular weight is 445 g/mol. The molecule has 1 aliphatic carbocycles. The molecule has 170 valence electrons. The second-order valence-electron chi connectivity index (χ2n) is 9.40. The van der Waals surface area contributed by atoms with Crippen LogP contribution in [0.15, 0.2) is 41.4 Å². The van der Waals surface area contributed by atoms with Gasteiger partial charge in [-0.3, -0.25) is 9.67 Å². The molecule has 1 saturated carbocycles. The van der Waals surface area contributed by atoms with Crippen LogP contribution in [0.5, 0.6) is 0 Å². The first kappa shape index (κ1) is 21.2. The highest BCUT2D eigenvalue weighted by Crippen LogP contribution is 2.50. The largest absolute Gasteiger partial charge is 0.368 e. The predicted molar refractivity (Wildman–Crippen MR) is 124 cm³/mol. The van der Waals surface area contributed by atoms with Crippen LogP contribution in [0.4, 0.5) is 5.95 Å². The van der Waals surface area contributed by atoms with Crippen molar-refractivity contribution in [3.8, 4) is 22.7 Å². The van der Waals surface area contributed by atoms with Crippen molar-refractivity contribution < 1.29 is 4.52 Å². The normalized spacial score (nSPS) is 15.7. The summed E-state index contributed by atoms with van der Waals surface area (Å²) in [5.74, 6) is 2.38. The Hall–Kier alpha value is -3.62. The van der Waals surface area contributed by atoms with Gasteiger partial charge in [0.05, 0.1) is 28.6 Å². The molecule has 4 heterocycles. The number of nitrogens with zero attached hydrogens (tertiary/aromatic N) is 7. The van der Waals surface area contributed by atoms with E-state index in [9.17, 15) is 0 Å². The van der Waals surface area contributed by atoms with E-state index in [1.807, 2.05) is 30.1 Å². The zero-order valence-electron chi connectivity index (χ0n) is 19.4. The maximum atomic E-state index is 5.69. The molecule has 0 radical (unpaired) electrons. The smallest absolute Gasteiger partial charge is 0.261 e. The fourth-order valence-corrected chi connectivity index (χ4v) is 4.30. The van der Waals surface area contributed by atoms with E-state index in [2.05, 4.69) is 47.1 Å². The Balaban J connectivity index is 1.45. The monoisotopic (exact) mass is 444 g/mol. The molecule has 4 aromatic heterocycles. The van der Waals surface area contributed by atoms with E-state index in [4.69, 9.17) is 20.2 Å². The van der Waals surface area contributed by atoms with Crippen LogP contribution in [-0.4, -0.2) is 34.9 Å². The summed E-state index contributed by atoms with van der Waals surface area (Å²) >= 11 is 0. The van der Waals surface area contributed by atoms with Crippen molar-refractivity contribution in [1.82, 2.24) is 34.9 Å². The molecule has 1 atom stereocenters. The zero-order valence-corrected chi connectivity index (χ0v) is 19.4. The Labute approximate surface area is 192 Å². The SMILES string of the molecule is Cc1nc(N)ncc1-c1ccc(C(C)(c2noc(-c3cnn(CC(C)C)c3)n2)C2CC2)cn1. The van der Waals surface area contributed by atoms with Gasteiger partial charge in [0, 0.05) is 30.7 Å². The second-order valence-corrected chi connectivity index (χ2v) is 9.40. The van der Waals surface area contributed by atoms with Crippen LogP contribution in [0.1, 0.15) is 50.7 Å². The third-order valence-electron chi connectivity index (χ3n) is 6.35. The van der Waals surface area contributed by atoms with E-state index < -0.39 is 0 Å². The number of hydrogen-bond acceptors (Lipinski definition) is 8. The first-order valence-electron chi connectivity index (χ1n) is 11.3. The molecule has 4 aromatic rings. The van der Waals surface area contributed by atoms with Crippen LogP contribution in [0.2, 0.25) is 0 Å². The van der Waals surface area contributed by atoms with Gasteiger partial charge in [0.1, 0.15) is 0 Å². The average Bonchev–Trinajstić information content (AvgIpc) is 3.34. The molecular weight excluding hydrogens is 416 g/mol. The molecule has 2 N–H and O–H groups in total. The van der Waals surface area contributed by atoms with E-state index in [0.717, 1.165) is 47.5 Å². The first-order chi connectivity index (χ1) is 15.8. The van der Waals surface area contributed by atoms with Crippen LogP contribution in [0.25, 0.3) is 22.7 Å². The standard InChI is InChI=1S/C24H28N8O/c1-14(2)12-32-13-16(9-28-32)21-30-22(31-33-21)24(4,17-5-6-17)18-7-8-20(26-10-18)19-11-27-23(25)29-15(19)3/h7-11,13-14,17H,5-6,12H2,1-4H3,(H2,25,27,29). The number of anilines is 1. The fraction of sp³-hybridized carbons (Fsp3) is 0.417. The van der Waals surface area contributed by atoms with Gasteiger partial charge < -0.3 is 10.3 Å². The number of aryl methyl sites for hydroxylation is 1. The van der Waals surface area contributed by atoms with Crippen molar-refractivity contribution >= 4 is 5.95 Å². The maximum absolute atomic E-state index is 5.69. The third kappa shape index (κ3) is 3.99. The second kappa shape index (κ2) is 8.06. The van der Waals surface area contributed by atoms with E-state index in [1.54, 1.807) is 12.4 Å². The summed E-state index contributed by atoms with van der Waals surface area (Å²) in [6, 6.07) is 4.09. The van der Waals surface area contributed by atoms with Crippen molar-refractivity contribution in [3.05, 3.63) is 54.0 Å². The quantitative estimate of drug-likeness (QED) is 0.453. The molecule has 0 amide bonds. The van der Waals surface area contributed by atoms with Gasteiger partial charge in [0.15, 0.2) is 5.82 Å². The number of hydrogen-bond donors (Lipinski definition) is 1. The maximum Gasteiger partial charge on any atom is 0.261 e. The van der Waals surface area contributed by atoms with Gasteiger partial charge in [0.2, 0.25) is 5.95 Å². The third-order valence-corrected chi connectivity index (χ3v) is 6.35. The molecule has 0 aromatic carbocycles. The summed E-state index contributed by atoms with van der Waals surface area (Å²) in [5.41, 5.74) is 9.67. The first-order valence-corrected chi connectivity index (χ1v) is 11.3.